The average Bonchev–Trinajstić information content (AvgIpc) is 3.53. The number of nitrogens with zero attached hydrogens (tertiary/aromatic N) is 4. The van der Waals surface area contributed by atoms with Crippen molar-refractivity contribution in [2.45, 2.75) is 12.1 Å². The first-order chi connectivity index (χ1) is 17.4. The highest BCUT2D eigenvalue weighted by Crippen LogP contribution is 2.35. The summed E-state index contributed by atoms with van der Waals surface area (Å²) in [6, 6.07) is 9.53. The highest BCUT2D eigenvalue weighted by molar-refractivity contribution is 6.08. The van der Waals surface area contributed by atoms with Gasteiger partial charge < -0.3 is 24.7 Å². The second-order valence-corrected chi connectivity index (χ2v) is 8.40. The number of imide groups is 1. The number of carbonyl (C=O) groups is 3. The molecule has 3 N–H and O–H groups in total. The van der Waals surface area contributed by atoms with Crippen LogP contribution in [0.25, 0.3) is 11.1 Å². The van der Waals surface area contributed by atoms with E-state index in [-0.39, 0.29) is 24.8 Å². The number of methoxy groups -OCH3 is 1. The average molecular weight is 485 g/mol. The van der Waals surface area contributed by atoms with Crippen molar-refractivity contribution in [3.63, 3.8) is 0 Å². The monoisotopic (exact) mass is 485 g/mol. The molecule has 2 aliphatic heterocycles. The number of anilines is 2. The number of rotatable bonds is 6. The van der Waals surface area contributed by atoms with Crippen LogP contribution < -0.4 is 20.7 Å². The van der Waals surface area contributed by atoms with Crippen molar-refractivity contribution in [1.82, 2.24) is 30.5 Å². The largest absolute Gasteiger partial charge is 0.497 e. The maximum atomic E-state index is 13.2. The predicted molar refractivity (Wildman–Crippen MR) is 125 cm³/mol. The Balaban J connectivity index is 1.34. The normalized spacial score (nSPS) is 18.8. The van der Waals surface area contributed by atoms with Gasteiger partial charge in [-0.1, -0.05) is 6.07 Å². The van der Waals surface area contributed by atoms with E-state index in [9.17, 15) is 14.4 Å². The van der Waals surface area contributed by atoms with Crippen LogP contribution in [0.3, 0.4) is 0 Å². The van der Waals surface area contributed by atoms with E-state index >= 15 is 0 Å². The van der Waals surface area contributed by atoms with E-state index in [1.165, 1.54) is 12.0 Å². The van der Waals surface area contributed by atoms with Crippen molar-refractivity contribution in [2.75, 3.05) is 19.0 Å². The summed E-state index contributed by atoms with van der Waals surface area (Å²) in [5.74, 6) is 0.818. The zero-order chi connectivity index (χ0) is 24.9. The first-order valence-corrected chi connectivity index (χ1v) is 11.0. The number of furan rings is 1. The lowest BCUT2D eigenvalue weighted by Gasteiger charge is -2.28. The molecule has 0 radical (unpaired) electrons. The maximum absolute atomic E-state index is 13.2. The second kappa shape index (κ2) is 8.05. The summed E-state index contributed by atoms with van der Waals surface area (Å²) in [5.41, 5.74) is 0.515. The fraction of sp³-hybridized carbons (Fsp3) is 0.167. The van der Waals surface area contributed by atoms with Gasteiger partial charge in [0.1, 0.15) is 28.7 Å². The Morgan fingerprint density at radius 3 is 2.78 bits per heavy atom. The zero-order valence-electron chi connectivity index (χ0n) is 18.9. The van der Waals surface area contributed by atoms with Crippen LogP contribution in [0.5, 0.6) is 5.75 Å². The fourth-order valence-electron chi connectivity index (χ4n) is 4.43. The number of hydrogen-bond donors (Lipinski definition) is 3. The lowest BCUT2D eigenvalue weighted by Crippen LogP contribution is -2.52. The van der Waals surface area contributed by atoms with E-state index in [2.05, 4.69) is 30.9 Å². The summed E-state index contributed by atoms with van der Waals surface area (Å²) in [6.45, 7) is 0.138. The molecule has 12 heteroatoms. The number of ether oxygens (including phenoxy) is 1. The Morgan fingerprint density at radius 1 is 1.14 bits per heavy atom. The second-order valence-electron chi connectivity index (χ2n) is 8.40. The molecule has 5 heterocycles. The molecule has 12 nitrogen and oxygen atoms in total. The predicted octanol–water partition coefficient (Wildman–Crippen LogP) is 2.06. The van der Waals surface area contributed by atoms with Crippen molar-refractivity contribution in [3.05, 3.63) is 71.9 Å². The van der Waals surface area contributed by atoms with E-state index in [1.807, 2.05) is 6.07 Å². The molecule has 3 aromatic heterocycles. The molecule has 4 aromatic rings. The van der Waals surface area contributed by atoms with Crippen LogP contribution >= 0.6 is 0 Å². The van der Waals surface area contributed by atoms with Gasteiger partial charge in [-0.2, -0.15) is 0 Å². The van der Waals surface area contributed by atoms with E-state index in [1.54, 1.807) is 48.9 Å². The van der Waals surface area contributed by atoms with E-state index in [4.69, 9.17) is 9.15 Å². The molecule has 6 rings (SSSR count). The van der Waals surface area contributed by atoms with Gasteiger partial charge in [0.05, 0.1) is 19.9 Å². The smallest absolute Gasteiger partial charge is 0.322 e. The van der Waals surface area contributed by atoms with Crippen LogP contribution in [0.15, 0.2) is 59.4 Å². The maximum Gasteiger partial charge on any atom is 0.322 e. The Labute approximate surface area is 203 Å². The Bertz CT molecular complexity index is 1540. The molecule has 36 heavy (non-hydrogen) atoms. The number of nitrogens with one attached hydrogen (secondary N) is 3. The number of amides is 4. The minimum Gasteiger partial charge on any atom is -0.497 e. The summed E-state index contributed by atoms with van der Waals surface area (Å²) in [4.78, 5) is 52.7. The molecule has 1 aromatic carbocycles. The molecule has 180 valence electrons. The molecule has 0 bridgehead atoms. The Kier molecular flexibility index (Phi) is 4.81. The van der Waals surface area contributed by atoms with Crippen molar-refractivity contribution < 1.29 is 23.5 Å². The van der Waals surface area contributed by atoms with Crippen LogP contribution in [0.2, 0.25) is 0 Å². The molecule has 1 saturated heterocycles. The van der Waals surface area contributed by atoms with Crippen LogP contribution in [-0.4, -0.2) is 51.4 Å². The number of aromatic nitrogens is 3. The molecule has 4 amide bonds. The minimum atomic E-state index is -1.63. The third-order valence-corrected chi connectivity index (χ3v) is 6.18. The molecule has 1 atom stereocenters. The summed E-state index contributed by atoms with van der Waals surface area (Å²) < 4.78 is 11.2. The lowest BCUT2D eigenvalue weighted by atomic mass is 9.95. The lowest BCUT2D eigenvalue weighted by molar-refractivity contribution is -0.125. The van der Waals surface area contributed by atoms with Gasteiger partial charge in [0.25, 0.3) is 11.8 Å². The van der Waals surface area contributed by atoms with Gasteiger partial charge in [-0.15, -0.1) is 0 Å². The summed E-state index contributed by atoms with van der Waals surface area (Å²) in [6.07, 6.45) is 4.67. The number of benzene rings is 1. The van der Waals surface area contributed by atoms with Crippen molar-refractivity contribution >= 4 is 40.6 Å². The number of urea groups is 1. The highest BCUT2D eigenvalue weighted by Gasteiger charge is 2.53. The summed E-state index contributed by atoms with van der Waals surface area (Å²) in [7, 11) is 1.52. The first-order valence-electron chi connectivity index (χ1n) is 11.0. The van der Waals surface area contributed by atoms with E-state index in [0.717, 1.165) is 5.56 Å². The molecular weight excluding hydrogens is 466 g/mol. The van der Waals surface area contributed by atoms with Crippen LogP contribution in [0.1, 0.15) is 21.7 Å². The quantitative estimate of drug-likeness (QED) is 0.349. The number of fused-ring (bicyclic) bond motifs is 2. The van der Waals surface area contributed by atoms with Gasteiger partial charge in [-0.05, 0) is 29.8 Å². The van der Waals surface area contributed by atoms with Gasteiger partial charge in [0.15, 0.2) is 11.1 Å². The summed E-state index contributed by atoms with van der Waals surface area (Å²) in [5, 5.41) is 7.99. The Morgan fingerprint density at radius 2 is 2.03 bits per heavy atom. The zero-order valence-corrected chi connectivity index (χ0v) is 18.9. The third-order valence-electron chi connectivity index (χ3n) is 6.18. The minimum absolute atomic E-state index is 0.134. The van der Waals surface area contributed by atoms with Gasteiger partial charge in [0, 0.05) is 30.6 Å². The number of hydrogen-bond acceptors (Lipinski definition) is 9. The van der Waals surface area contributed by atoms with Crippen LogP contribution in [0, 0.1) is 0 Å². The van der Waals surface area contributed by atoms with Gasteiger partial charge >= 0.3 is 6.03 Å². The number of pyridine rings is 1. The Hall–Kier alpha value is -5.00. The molecule has 0 unspecified atom stereocenters. The SMILES string of the molecule is COc1ccc2c(c1)C(=O)N(C[C@@]1(c3cc4nc(Nc5cnccn5)ccc4o3)NC(=O)NC1=O)C2. The fourth-order valence-corrected chi connectivity index (χ4v) is 4.43. The first kappa shape index (κ1) is 21.5. The number of carbonyl (C=O) groups excluding carboxylic acids is 3. The topological polar surface area (TPSA) is 152 Å². The molecule has 1 fully saturated rings. The molecule has 2 aliphatic rings. The molecule has 0 spiro atoms. The standard InChI is InChI=1S/C24H19N7O5/c1-35-14-3-2-13-11-31(21(32)15(13)8-14)12-24(22(33)29-23(34)30-24)18-9-16-17(36-18)4-5-19(27-16)28-20-10-25-6-7-26-20/h2-10H,11-12H2,1H3,(H,26,27,28)(H2,29,30,33,34)/t24-/m0/s1. The van der Waals surface area contributed by atoms with Gasteiger partial charge in [-0.25, -0.2) is 14.8 Å². The third kappa shape index (κ3) is 3.47. The summed E-state index contributed by atoms with van der Waals surface area (Å²) >= 11 is 0. The van der Waals surface area contributed by atoms with Crippen molar-refractivity contribution in [1.29, 1.82) is 0 Å². The van der Waals surface area contributed by atoms with E-state index < -0.39 is 17.5 Å². The van der Waals surface area contributed by atoms with Crippen LogP contribution in [-0.2, 0) is 16.9 Å². The van der Waals surface area contributed by atoms with Gasteiger partial charge in [-0.3, -0.25) is 19.9 Å². The van der Waals surface area contributed by atoms with E-state index in [0.29, 0.717) is 34.0 Å². The van der Waals surface area contributed by atoms with Crippen LogP contribution in [0.4, 0.5) is 16.4 Å². The molecule has 0 aliphatic carbocycles. The molecular formula is C24H19N7O5. The van der Waals surface area contributed by atoms with Gasteiger partial charge in [0.2, 0.25) is 0 Å². The van der Waals surface area contributed by atoms with Crippen molar-refractivity contribution in [2.24, 2.45) is 0 Å². The molecule has 0 saturated carbocycles. The highest BCUT2D eigenvalue weighted by atomic mass is 16.5. The van der Waals surface area contributed by atoms with Crippen molar-refractivity contribution in [3.8, 4) is 5.75 Å².